The van der Waals surface area contributed by atoms with E-state index in [1.165, 1.54) is 0 Å². The van der Waals surface area contributed by atoms with E-state index in [-0.39, 0.29) is 11.3 Å². The van der Waals surface area contributed by atoms with Gasteiger partial charge in [0.15, 0.2) is 0 Å². The van der Waals surface area contributed by atoms with Crippen LogP contribution in [0.15, 0.2) is 0 Å². The van der Waals surface area contributed by atoms with Crippen molar-refractivity contribution in [2.24, 2.45) is 0 Å². The van der Waals surface area contributed by atoms with Gasteiger partial charge in [0.05, 0.1) is 0 Å². The highest BCUT2D eigenvalue weighted by atomic mass is 32.1. The van der Waals surface area contributed by atoms with Gasteiger partial charge in [-0.2, -0.15) is 13.2 Å². The first kappa shape index (κ1) is 11.4. The molecule has 1 aromatic rings. The summed E-state index contributed by atoms with van der Waals surface area (Å²) in [5.41, 5.74) is 0. The van der Waals surface area contributed by atoms with Crippen LogP contribution in [0.2, 0.25) is 0 Å². The van der Waals surface area contributed by atoms with Gasteiger partial charge in [0, 0.05) is 0 Å². The molecule has 0 bridgehead atoms. The SMILES string of the molecule is O=C(O)C(=O)Nc1nnc(C(F)(F)F)s1. The topological polar surface area (TPSA) is 92.2 Å². The van der Waals surface area contributed by atoms with Crippen LogP contribution in [-0.2, 0) is 15.8 Å². The summed E-state index contributed by atoms with van der Waals surface area (Å²) >= 11 is 0.0431. The second kappa shape index (κ2) is 3.81. The lowest BCUT2D eigenvalue weighted by molar-refractivity contribution is -0.147. The Bertz CT molecular complexity index is 402. The number of carboxylic acids is 1. The fourth-order valence-corrected chi connectivity index (χ4v) is 1.14. The fourth-order valence-electron chi connectivity index (χ4n) is 0.539. The number of hydrogen-bond donors (Lipinski definition) is 2. The van der Waals surface area contributed by atoms with Gasteiger partial charge in [-0.15, -0.1) is 10.2 Å². The van der Waals surface area contributed by atoms with Crippen molar-refractivity contribution in [1.82, 2.24) is 10.2 Å². The maximum absolute atomic E-state index is 12.0. The van der Waals surface area contributed by atoms with E-state index >= 15 is 0 Å². The number of aliphatic carboxylic acids is 1. The van der Waals surface area contributed by atoms with Crippen molar-refractivity contribution in [3.05, 3.63) is 5.01 Å². The number of nitrogens with one attached hydrogen (secondary N) is 1. The first-order chi connectivity index (χ1) is 6.80. The maximum Gasteiger partial charge on any atom is 0.445 e. The van der Waals surface area contributed by atoms with E-state index in [4.69, 9.17) is 5.11 Å². The first-order valence-corrected chi connectivity index (χ1v) is 4.07. The molecule has 0 unspecified atom stereocenters. The quantitative estimate of drug-likeness (QED) is 0.701. The van der Waals surface area contributed by atoms with E-state index in [1.54, 1.807) is 5.32 Å². The summed E-state index contributed by atoms with van der Waals surface area (Å²) in [7, 11) is 0. The largest absolute Gasteiger partial charge is 0.474 e. The minimum atomic E-state index is -4.66. The average Bonchev–Trinajstić information content (AvgIpc) is 2.51. The molecule has 1 aromatic heterocycles. The Kier molecular flexibility index (Phi) is 2.88. The van der Waals surface area contributed by atoms with Crippen molar-refractivity contribution < 1.29 is 27.9 Å². The third-order valence-corrected chi connectivity index (χ3v) is 1.97. The molecule has 0 aliphatic heterocycles. The number of nitrogens with zero attached hydrogens (tertiary/aromatic N) is 2. The summed E-state index contributed by atoms with van der Waals surface area (Å²) in [5.74, 6) is -3.29. The average molecular weight is 241 g/mol. The zero-order chi connectivity index (χ0) is 11.6. The molecule has 0 radical (unpaired) electrons. The van der Waals surface area contributed by atoms with Crippen molar-refractivity contribution in [2.45, 2.75) is 6.18 Å². The van der Waals surface area contributed by atoms with Crippen molar-refractivity contribution in [1.29, 1.82) is 0 Å². The summed E-state index contributed by atoms with van der Waals surface area (Å²) in [5, 5.41) is 13.7. The lowest BCUT2D eigenvalue weighted by atomic mass is 10.6. The van der Waals surface area contributed by atoms with Crippen LogP contribution in [-0.4, -0.2) is 27.2 Å². The normalized spacial score (nSPS) is 11.1. The lowest BCUT2D eigenvalue weighted by Gasteiger charge is -1.97. The Morgan fingerprint density at radius 1 is 1.33 bits per heavy atom. The van der Waals surface area contributed by atoms with Gasteiger partial charge in [-0.3, -0.25) is 10.1 Å². The minimum Gasteiger partial charge on any atom is -0.474 e. The highest BCUT2D eigenvalue weighted by Crippen LogP contribution is 2.32. The van der Waals surface area contributed by atoms with Crippen LogP contribution < -0.4 is 5.32 Å². The molecule has 1 heterocycles. The van der Waals surface area contributed by atoms with Gasteiger partial charge in [0.2, 0.25) is 10.1 Å². The van der Waals surface area contributed by atoms with E-state index in [0.29, 0.717) is 0 Å². The number of aromatic nitrogens is 2. The lowest BCUT2D eigenvalue weighted by Crippen LogP contribution is -2.21. The van der Waals surface area contributed by atoms with E-state index in [9.17, 15) is 22.8 Å². The monoisotopic (exact) mass is 241 g/mol. The van der Waals surface area contributed by atoms with Gasteiger partial charge in [-0.25, -0.2) is 4.79 Å². The van der Waals surface area contributed by atoms with E-state index in [1.807, 2.05) is 0 Å². The number of halogens is 3. The molecule has 1 amide bonds. The highest BCUT2D eigenvalue weighted by Gasteiger charge is 2.35. The summed E-state index contributed by atoms with van der Waals surface area (Å²) in [6.45, 7) is 0. The molecule has 0 atom stereocenters. The molecule has 0 aliphatic carbocycles. The molecule has 0 aliphatic rings. The molecule has 15 heavy (non-hydrogen) atoms. The van der Waals surface area contributed by atoms with Crippen molar-refractivity contribution in [2.75, 3.05) is 5.32 Å². The van der Waals surface area contributed by atoms with E-state index < -0.39 is 28.2 Å². The summed E-state index contributed by atoms with van der Waals surface area (Å²) in [6.07, 6.45) is -4.66. The number of carbonyl (C=O) groups is 2. The van der Waals surface area contributed by atoms with Gasteiger partial charge >= 0.3 is 18.1 Å². The minimum absolute atomic E-state index is 0.0431. The zero-order valence-electron chi connectivity index (χ0n) is 6.70. The van der Waals surface area contributed by atoms with Gasteiger partial charge in [0.25, 0.3) is 0 Å². The number of hydrogen-bond acceptors (Lipinski definition) is 5. The molecule has 6 nitrogen and oxygen atoms in total. The predicted molar refractivity (Wildman–Crippen MR) is 41.2 cm³/mol. The Labute approximate surface area is 83.7 Å². The Morgan fingerprint density at radius 3 is 2.33 bits per heavy atom. The number of rotatable bonds is 1. The number of amides is 1. The third kappa shape index (κ3) is 2.87. The molecular formula is C5H2F3N3O3S. The number of carbonyl (C=O) groups excluding carboxylic acids is 1. The Morgan fingerprint density at radius 2 is 1.93 bits per heavy atom. The Hall–Kier alpha value is -1.71. The van der Waals surface area contributed by atoms with Gasteiger partial charge in [-0.1, -0.05) is 11.3 Å². The molecular weight excluding hydrogens is 239 g/mol. The van der Waals surface area contributed by atoms with Crippen LogP contribution in [0.25, 0.3) is 0 Å². The molecule has 10 heteroatoms. The fraction of sp³-hybridized carbons (Fsp3) is 0.200. The van der Waals surface area contributed by atoms with Crippen LogP contribution >= 0.6 is 11.3 Å². The molecule has 0 fully saturated rings. The molecule has 0 aromatic carbocycles. The van der Waals surface area contributed by atoms with Gasteiger partial charge < -0.3 is 5.11 Å². The second-order valence-corrected chi connectivity index (χ2v) is 3.15. The highest BCUT2D eigenvalue weighted by molar-refractivity contribution is 7.15. The van der Waals surface area contributed by atoms with Gasteiger partial charge in [0.1, 0.15) is 0 Å². The molecule has 0 spiro atoms. The van der Waals surface area contributed by atoms with Crippen molar-refractivity contribution in [3.8, 4) is 0 Å². The first-order valence-electron chi connectivity index (χ1n) is 3.25. The number of alkyl halides is 3. The van der Waals surface area contributed by atoms with Crippen LogP contribution in [0.3, 0.4) is 0 Å². The number of anilines is 1. The summed E-state index contributed by atoms with van der Waals surface area (Å²) < 4.78 is 35.9. The molecule has 2 N–H and O–H groups in total. The molecule has 0 saturated carbocycles. The van der Waals surface area contributed by atoms with Crippen molar-refractivity contribution >= 4 is 28.3 Å². The van der Waals surface area contributed by atoms with Crippen molar-refractivity contribution in [3.63, 3.8) is 0 Å². The third-order valence-electron chi connectivity index (χ3n) is 1.08. The van der Waals surface area contributed by atoms with Crippen LogP contribution in [0.5, 0.6) is 0 Å². The Balaban J connectivity index is 2.78. The predicted octanol–water partition coefficient (Wildman–Crippen LogP) is 0.580. The summed E-state index contributed by atoms with van der Waals surface area (Å²) in [4.78, 5) is 20.5. The van der Waals surface area contributed by atoms with Crippen LogP contribution in [0.4, 0.5) is 18.3 Å². The smallest absolute Gasteiger partial charge is 0.445 e. The zero-order valence-corrected chi connectivity index (χ0v) is 7.52. The molecule has 0 saturated heterocycles. The summed E-state index contributed by atoms with van der Waals surface area (Å²) in [6, 6.07) is 0. The van der Waals surface area contributed by atoms with Crippen LogP contribution in [0, 0.1) is 0 Å². The maximum atomic E-state index is 12.0. The van der Waals surface area contributed by atoms with E-state index in [0.717, 1.165) is 0 Å². The number of carboxylic acid groups (broad SMARTS) is 1. The molecule has 1 rings (SSSR count). The van der Waals surface area contributed by atoms with Gasteiger partial charge in [-0.05, 0) is 0 Å². The molecule has 82 valence electrons. The van der Waals surface area contributed by atoms with Crippen LogP contribution in [0.1, 0.15) is 5.01 Å². The standard InChI is InChI=1S/C5H2F3N3O3S/c6-5(7,8)3-10-11-4(15-3)9-1(12)2(13)14/h(H,13,14)(H,9,11,12). The van der Waals surface area contributed by atoms with E-state index in [2.05, 4.69) is 10.2 Å². The second-order valence-electron chi connectivity index (χ2n) is 2.17.